The van der Waals surface area contributed by atoms with E-state index >= 15 is 0 Å². The highest BCUT2D eigenvalue weighted by Gasteiger charge is 2.22. The Balaban J connectivity index is 1.64. The average molecular weight is 392 g/mol. The van der Waals surface area contributed by atoms with Crippen molar-refractivity contribution in [2.75, 3.05) is 0 Å². The lowest BCUT2D eigenvalue weighted by atomic mass is 10.0. The quantitative estimate of drug-likeness (QED) is 0.561. The number of carbonyl (C=O) groups is 1. The van der Waals surface area contributed by atoms with Gasteiger partial charge in [0.1, 0.15) is 0 Å². The lowest BCUT2D eigenvalue weighted by Gasteiger charge is -2.18. The number of carbonyl (C=O) groups excluding carboxylic acids is 1. The highest BCUT2D eigenvalue weighted by Crippen LogP contribution is 2.27. The van der Waals surface area contributed by atoms with Gasteiger partial charge in [0.05, 0.1) is 6.04 Å². The van der Waals surface area contributed by atoms with Crippen LogP contribution < -0.4 is 5.32 Å². The van der Waals surface area contributed by atoms with Crippen LogP contribution in [-0.2, 0) is 6.42 Å². The van der Waals surface area contributed by atoms with E-state index in [1.54, 1.807) is 15.9 Å². The molecule has 3 heterocycles. The summed E-state index contributed by atoms with van der Waals surface area (Å²) in [7, 11) is 0. The SMILES string of the molecule is Cc1cc(C)n2nc(C(=O)NC(Cc3ccccc3)c3sccc3C)nc2n1. The van der Waals surface area contributed by atoms with Gasteiger partial charge in [-0.3, -0.25) is 4.79 Å². The Morgan fingerprint density at radius 3 is 2.64 bits per heavy atom. The summed E-state index contributed by atoms with van der Waals surface area (Å²) in [5.74, 6) is 0.277. The van der Waals surface area contributed by atoms with Gasteiger partial charge in [0.2, 0.25) is 5.82 Å². The Hall–Kier alpha value is -3.06. The molecule has 0 aliphatic carbocycles. The van der Waals surface area contributed by atoms with Crippen LogP contribution in [0.3, 0.4) is 0 Å². The molecule has 1 aromatic carbocycles. The maximum absolute atomic E-state index is 12.9. The molecule has 0 saturated carbocycles. The predicted molar refractivity (Wildman–Crippen MR) is 110 cm³/mol. The summed E-state index contributed by atoms with van der Waals surface area (Å²) in [6.45, 7) is 5.89. The molecular formula is C21H21N5OS. The third kappa shape index (κ3) is 3.66. The van der Waals surface area contributed by atoms with Crippen molar-refractivity contribution in [3.8, 4) is 0 Å². The number of hydrogen-bond acceptors (Lipinski definition) is 5. The van der Waals surface area contributed by atoms with E-state index in [4.69, 9.17) is 0 Å². The molecule has 0 spiro atoms. The van der Waals surface area contributed by atoms with Crippen molar-refractivity contribution in [2.45, 2.75) is 33.2 Å². The fraction of sp³-hybridized carbons (Fsp3) is 0.238. The second-order valence-electron chi connectivity index (χ2n) is 6.87. The number of fused-ring (bicyclic) bond motifs is 1. The van der Waals surface area contributed by atoms with Crippen molar-refractivity contribution < 1.29 is 4.79 Å². The summed E-state index contributed by atoms with van der Waals surface area (Å²) < 4.78 is 1.60. The maximum atomic E-state index is 12.9. The van der Waals surface area contributed by atoms with Crippen molar-refractivity contribution in [1.82, 2.24) is 24.9 Å². The Morgan fingerprint density at radius 1 is 1.14 bits per heavy atom. The number of benzene rings is 1. The molecule has 0 saturated heterocycles. The number of aryl methyl sites for hydroxylation is 3. The predicted octanol–water partition coefficient (Wildman–Crippen LogP) is 3.82. The number of nitrogens with one attached hydrogen (secondary N) is 1. The molecule has 6 nitrogen and oxygen atoms in total. The largest absolute Gasteiger partial charge is 0.341 e. The van der Waals surface area contributed by atoms with Gasteiger partial charge >= 0.3 is 0 Å². The molecule has 3 aromatic heterocycles. The minimum absolute atomic E-state index is 0.133. The summed E-state index contributed by atoms with van der Waals surface area (Å²) in [5.41, 5.74) is 4.07. The topological polar surface area (TPSA) is 72.2 Å². The average Bonchev–Trinajstić information content (AvgIpc) is 3.28. The van der Waals surface area contributed by atoms with E-state index in [9.17, 15) is 4.79 Å². The van der Waals surface area contributed by atoms with Crippen LogP contribution in [0, 0.1) is 20.8 Å². The zero-order valence-electron chi connectivity index (χ0n) is 16.0. The summed E-state index contributed by atoms with van der Waals surface area (Å²) in [6.07, 6.45) is 0.706. The number of nitrogens with zero attached hydrogens (tertiary/aromatic N) is 4. The van der Waals surface area contributed by atoms with Gasteiger partial charge in [0.25, 0.3) is 11.7 Å². The normalized spacial score (nSPS) is 12.2. The van der Waals surface area contributed by atoms with E-state index in [0.717, 1.165) is 21.8 Å². The summed E-state index contributed by atoms with van der Waals surface area (Å²) in [5, 5.41) is 9.53. The molecule has 1 amide bonds. The fourth-order valence-corrected chi connectivity index (χ4v) is 4.27. The molecule has 28 heavy (non-hydrogen) atoms. The molecule has 0 aliphatic heterocycles. The third-order valence-electron chi connectivity index (χ3n) is 4.63. The number of rotatable bonds is 5. The van der Waals surface area contributed by atoms with Gasteiger partial charge in [-0.1, -0.05) is 30.3 Å². The van der Waals surface area contributed by atoms with Crippen molar-refractivity contribution >= 4 is 23.0 Å². The maximum Gasteiger partial charge on any atom is 0.291 e. The van der Waals surface area contributed by atoms with Crippen LogP contribution in [0.5, 0.6) is 0 Å². The first-order valence-electron chi connectivity index (χ1n) is 9.11. The standard InChI is InChI=1S/C21H21N5OS/c1-13-9-10-28-18(13)17(12-16-7-5-4-6-8-16)23-20(27)19-24-21-22-14(2)11-15(3)26(21)25-19/h4-11,17H,12H2,1-3H3,(H,23,27). The van der Waals surface area contributed by atoms with E-state index in [1.165, 1.54) is 5.56 Å². The van der Waals surface area contributed by atoms with Crippen molar-refractivity contribution in [1.29, 1.82) is 0 Å². The molecule has 0 fully saturated rings. The first kappa shape index (κ1) is 18.3. The lowest BCUT2D eigenvalue weighted by Crippen LogP contribution is -2.30. The number of thiophene rings is 1. The Morgan fingerprint density at radius 2 is 1.93 bits per heavy atom. The molecule has 7 heteroatoms. The second-order valence-corrected chi connectivity index (χ2v) is 7.82. The molecular weight excluding hydrogens is 370 g/mol. The highest BCUT2D eigenvalue weighted by molar-refractivity contribution is 7.10. The molecule has 1 unspecified atom stereocenters. The summed E-state index contributed by atoms with van der Waals surface area (Å²) in [4.78, 5) is 22.8. The van der Waals surface area contributed by atoms with E-state index < -0.39 is 0 Å². The Bertz CT molecular complexity index is 1130. The Labute approximate surface area is 167 Å². The van der Waals surface area contributed by atoms with Gasteiger partial charge < -0.3 is 5.32 Å². The van der Waals surface area contributed by atoms with Crippen LogP contribution in [0.25, 0.3) is 5.78 Å². The van der Waals surface area contributed by atoms with E-state index in [-0.39, 0.29) is 17.8 Å². The smallest absolute Gasteiger partial charge is 0.291 e. The van der Waals surface area contributed by atoms with Gasteiger partial charge in [-0.25, -0.2) is 9.50 Å². The molecule has 142 valence electrons. The Kier molecular flexibility index (Phi) is 4.92. The third-order valence-corrected chi connectivity index (χ3v) is 5.76. The minimum atomic E-state index is -0.295. The lowest BCUT2D eigenvalue weighted by molar-refractivity contribution is 0.0927. The van der Waals surface area contributed by atoms with Crippen molar-refractivity contribution in [3.05, 3.63) is 81.1 Å². The van der Waals surface area contributed by atoms with Gasteiger partial charge in [0, 0.05) is 16.3 Å². The van der Waals surface area contributed by atoms with Crippen LogP contribution in [0.15, 0.2) is 47.8 Å². The van der Waals surface area contributed by atoms with Crippen molar-refractivity contribution in [3.63, 3.8) is 0 Å². The minimum Gasteiger partial charge on any atom is -0.341 e. The zero-order chi connectivity index (χ0) is 19.7. The molecule has 0 bridgehead atoms. The number of amides is 1. The van der Waals surface area contributed by atoms with E-state index in [1.807, 2.05) is 43.5 Å². The van der Waals surface area contributed by atoms with E-state index in [0.29, 0.717) is 12.2 Å². The molecule has 1 atom stereocenters. The van der Waals surface area contributed by atoms with E-state index in [2.05, 4.69) is 45.5 Å². The number of aromatic nitrogens is 4. The summed E-state index contributed by atoms with van der Waals surface area (Å²) in [6, 6.07) is 14.0. The first-order valence-corrected chi connectivity index (χ1v) is 9.99. The zero-order valence-corrected chi connectivity index (χ0v) is 16.8. The second kappa shape index (κ2) is 7.52. The first-order chi connectivity index (χ1) is 13.5. The summed E-state index contributed by atoms with van der Waals surface area (Å²) >= 11 is 1.65. The van der Waals surface area contributed by atoms with Gasteiger partial charge in [-0.05, 0) is 55.8 Å². The molecule has 1 N–H and O–H groups in total. The van der Waals surface area contributed by atoms with Crippen molar-refractivity contribution in [2.24, 2.45) is 0 Å². The van der Waals surface area contributed by atoms with Crippen LogP contribution in [0.1, 0.15) is 44.1 Å². The molecule has 0 aliphatic rings. The molecule has 4 aromatic rings. The molecule has 0 radical (unpaired) electrons. The monoisotopic (exact) mass is 391 g/mol. The van der Waals surface area contributed by atoms with Crippen LogP contribution in [0.2, 0.25) is 0 Å². The molecule has 4 rings (SSSR count). The van der Waals surface area contributed by atoms with Crippen LogP contribution in [-0.4, -0.2) is 25.5 Å². The van der Waals surface area contributed by atoms with Crippen LogP contribution in [0.4, 0.5) is 0 Å². The fourth-order valence-electron chi connectivity index (χ4n) is 3.29. The highest BCUT2D eigenvalue weighted by atomic mass is 32.1. The number of hydrogen-bond donors (Lipinski definition) is 1. The van der Waals surface area contributed by atoms with Gasteiger partial charge in [-0.15, -0.1) is 16.4 Å². The van der Waals surface area contributed by atoms with Gasteiger partial charge in [0.15, 0.2) is 0 Å². The van der Waals surface area contributed by atoms with Crippen LogP contribution >= 0.6 is 11.3 Å². The van der Waals surface area contributed by atoms with Gasteiger partial charge in [-0.2, -0.15) is 4.98 Å².